The fourth-order valence-corrected chi connectivity index (χ4v) is 3.29. The van der Waals surface area contributed by atoms with E-state index in [-0.39, 0.29) is 0 Å². The molecule has 0 radical (unpaired) electrons. The van der Waals surface area contributed by atoms with Gasteiger partial charge in [0.05, 0.1) is 6.61 Å². The lowest BCUT2D eigenvalue weighted by Crippen LogP contribution is -2.41. The SMILES string of the molecule is O=c1ccn([C@@H]2O[C@H](CO)C(O)C2Oc2cccc3ccccc23)c(=O)[nH]1. The number of rotatable bonds is 4. The van der Waals surface area contributed by atoms with Crippen LogP contribution in [-0.2, 0) is 4.74 Å². The maximum atomic E-state index is 12.2. The Balaban J connectivity index is 1.75. The summed E-state index contributed by atoms with van der Waals surface area (Å²) in [6.07, 6.45) is -2.79. The minimum Gasteiger partial charge on any atom is -0.482 e. The van der Waals surface area contributed by atoms with Crippen molar-refractivity contribution in [1.29, 1.82) is 0 Å². The second-order valence-corrected chi connectivity index (χ2v) is 6.32. The van der Waals surface area contributed by atoms with Gasteiger partial charge in [-0.3, -0.25) is 14.3 Å². The summed E-state index contributed by atoms with van der Waals surface area (Å²) < 4.78 is 12.8. The summed E-state index contributed by atoms with van der Waals surface area (Å²) in [6.45, 7) is -0.439. The minimum atomic E-state index is -1.17. The molecule has 8 nitrogen and oxygen atoms in total. The van der Waals surface area contributed by atoms with Crippen molar-refractivity contribution >= 4 is 10.8 Å². The van der Waals surface area contributed by atoms with Gasteiger partial charge in [0.25, 0.3) is 5.56 Å². The van der Waals surface area contributed by atoms with Gasteiger partial charge in [0.2, 0.25) is 0 Å². The van der Waals surface area contributed by atoms with Crippen LogP contribution in [0.25, 0.3) is 10.8 Å². The van der Waals surface area contributed by atoms with E-state index in [0.29, 0.717) is 5.75 Å². The van der Waals surface area contributed by atoms with Crippen molar-refractivity contribution < 1.29 is 19.7 Å². The largest absolute Gasteiger partial charge is 0.482 e. The highest BCUT2D eigenvalue weighted by Crippen LogP contribution is 2.34. The summed E-state index contributed by atoms with van der Waals surface area (Å²) in [5.41, 5.74) is -1.23. The molecular formula is C19H18N2O6. The van der Waals surface area contributed by atoms with Crippen LogP contribution in [0.3, 0.4) is 0 Å². The molecule has 3 aromatic rings. The van der Waals surface area contributed by atoms with Crippen molar-refractivity contribution in [3.05, 3.63) is 75.6 Å². The van der Waals surface area contributed by atoms with Crippen molar-refractivity contribution in [1.82, 2.24) is 9.55 Å². The zero-order chi connectivity index (χ0) is 19.0. The number of fused-ring (bicyclic) bond motifs is 1. The van der Waals surface area contributed by atoms with E-state index >= 15 is 0 Å². The van der Waals surface area contributed by atoms with Gasteiger partial charge in [0.15, 0.2) is 12.3 Å². The third-order valence-corrected chi connectivity index (χ3v) is 4.63. The highest BCUT2D eigenvalue weighted by Gasteiger charge is 2.46. The first-order chi connectivity index (χ1) is 13.1. The average Bonchev–Trinajstić information content (AvgIpc) is 2.98. The van der Waals surface area contributed by atoms with Crippen molar-refractivity contribution in [3.63, 3.8) is 0 Å². The van der Waals surface area contributed by atoms with Crippen LogP contribution in [0, 0.1) is 0 Å². The predicted octanol–water partition coefficient (Wildman–Crippen LogP) is 0.388. The van der Waals surface area contributed by atoms with Gasteiger partial charge >= 0.3 is 5.69 Å². The molecule has 4 rings (SSSR count). The van der Waals surface area contributed by atoms with Crippen molar-refractivity contribution in [2.45, 2.75) is 24.5 Å². The Morgan fingerprint density at radius 3 is 2.67 bits per heavy atom. The summed E-state index contributed by atoms with van der Waals surface area (Å²) >= 11 is 0. The average molecular weight is 370 g/mol. The van der Waals surface area contributed by atoms with Gasteiger partial charge in [-0.15, -0.1) is 0 Å². The lowest BCUT2D eigenvalue weighted by molar-refractivity contribution is -0.0522. The van der Waals surface area contributed by atoms with Crippen LogP contribution in [0.4, 0.5) is 0 Å². The summed E-state index contributed by atoms with van der Waals surface area (Å²) in [5.74, 6) is 0.516. The zero-order valence-electron chi connectivity index (χ0n) is 14.2. The first-order valence-electron chi connectivity index (χ1n) is 8.49. The Hall–Kier alpha value is -2.94. The molecule has 0 bridgehead atoms. The first kappa shape index (κ1) is 17.5. The molecule has 0 saturated carbocycles. The Bertz CT molecular complexity index is 1070. The quantitative estimate of drug-likeness (QED) is 0.612. The van der Waals surface area contributed by atoms with E-state index in [2.05, 4.69) is 4.98 Å². The van der Waals surface area contributed by atoms with Gasteiger partial charge in [0.1, 0.15) is 18.0 Å². The molecule has 3 N–H and O–H groups in total. The van der Waals surface area contributed by atoms with Crippen molar-refractivity contribution in [2.75, 3.05) is 6.61 Å². The molecule has 8 heteroatoms. The Kier molecular flexibility index (Phi) is 4.53. The summed E-state index contributed by atoms with van der Waals surface area (Å²) in [5, 5.41) is 21.8. The first-order valence-corrected chi connectivity index (χ1v) is 8.49. The van der Waals surface area contributed by atoms with E-state index in [1.807, 2.05) is 36.4 Å². The van der Waals surface area contributed by atoms with Crippen LogP contribution in [0.2, 0.25) is 0 Å². The number of ether oxygens (including phenoxy) is 2. The summed E-state index contributed by atoms with van der Waals surface area (Å²) in [4.78, 5) is 25.6. The third kappa shape index (κ3) is 3.14. The number of hydrogen-bond acceptors (Lipinski definition) is 6. The van der Waals surface area contributed by atoms with Crippen molar-refractivity contribution in [2.24, 2.45) is 0 Å². The second-order valence-electron chi connectivity index (χ2n) is 6.32. The van der Waals surface area contributed by atoms with Crippen LogP contribution >= 0.6 is 0 Å². The van der Waals surface area contributed by atoms with Crippen LogP contribution in [0.15, 0.2) is 64.3 Å². The molecule has 140 valence electrons. The van der Waals surface area contributed by atoms with Gasteiger partial charge in [-0.2, -0.15) is 0 Å². The standard InChI is InChI=1S/C19H18N2O6/c22-10-14-16(24)17(18(27-14)21-9-8-15(23)20-19(21)25)26-13-7-3-5-11-4-1-2-6-12(11)13/h1-9,14,16-18,22,24H,10H2,(H,20,23,25)/t14-,16?,17?,18-/m1/s1. The number of H-pyrrole nitrogens is 1. The van der Waals surface area contributed by atoms with Gasteiger partial charge in [-0.05, 0) is 11.5 Å². The van der Waals surface area contributed by atoms with E-state index in [4.69, 9.17) is 9.47 Å². The summed E-state index contributed by atoms with van der Waals surface area (Å²) in [7, 11) is 0. The predicted molar refractivity (Wildman–Crippen MR) is 96.7 cm³/mol. The number of hydrogen-bond donors (Lipinski definition) is 3. The molecule has 0 spiro atoms. The lowest BCUT2D eigenvalue weighted by Gasteiger charge is -2.23. The Morgan fingerprint density at radius 2 is 1.89 bits per heavy atom. The molecule has 0 aliphatic carbocycles. The maximum absolute atomic E-state index is 12.2. The van der Waals surface area contributed by atoms with Gasteiger partial charge < -0.3 is 19.7 Å². The number of nitrogens with zero attached hydrogens (tertiary/aromatic N) is 1. The van der Waals surface area contributed by atoms with E-state index < -0.39 is 42.4 Å². The fourth-order valence-electron chi connectivity index (χ4n) is 3.29. The number of aliphatic hydroxyl groups is 2. The molecule has 0 amide bonds. The molecule has 4 atom stereocenters. The topological polar surface area (TPSA) is 114 Å². The van der Waals surface area contributed by atoms with Crippen LogP contribution < -0.4 is 16.0 Å². The lowest BCUT2D eigenvalue weighted by atomic mass is 10.1. The monoisotopic (exact) mass is 370 g/mol. The van der Waals surface area contributed by atoms with Gasteiger partial charge in [-0.25, -0.2) is 4.79 Å². The van der Waals surface area contributed by atoms with E-state index in [1.54, 1.807) is 6.07 Å². The molecule has 27 heavy (non-hydrogen) atoms. The molecule has 1 aromatic heterocycles. The molecule has 1 fully saturated rings. The normalized spacial score (nSPS) is 25.0. The maximum Gasteiger partial charge on any atom is 0.330 e. The highest BCUT2D eigenvalue weighted by atomic mass is 16.6. The van der Waals surface area contributed by atoms with Gasteiger partial charge in [-0.1, -0.05) is 36.4 Å². The molecule has 1 aliphatic rings. The molecule has 1 saturated heterocycles. The highest BCUT2D eigenvalue weighted by molar-refractivity contribution is 5.88. The van der Waals surface area contributed by atoms with E-state index in [9.17, 15) is 19.8 Å². The number of benzene rings is 2. The van der Waals surface area contributed by atoms with Crippen LogP contribution in [0.5, 0.6) is 5.75 Å². The molecule has 2 aromatic carbocycles. The minimum absolute atomic E-state index is 0.439. The second kappa shape index (κ2) is 6.99. The fraction of sp³-hybridized carbons (Fsp3) is 0.263. The number of aromatic nitrogens is 2. The number of nitrogens with one attached hydrogen (secondary N) is 1. The van der Waals surface area contributed by atoms with E-state index in [1.165, 1.54) is 12.3 Å². The van der Waals surface area contributed by atoms with E-state index in [0.717, 1.165) is 15.3 Å². The van der Waals surface area contributed by atoms with Gasteiger partial charge in [0, 0.05) is 17.6 Å². The molecule has 1 aliphatic heterocycles. The van der Waals surface area contributed by atoms with Crippen molar-refractivity contribution in [3.8, 4) is 5.75 Å². The van der Waals surface area contributed by atoms with Crippen LogP contribution in [-0.4, -0.2) is 44.7 Å². The number of aliphatic hydroxyl groups excluding tert-OH is 2. The summed E-state index contributed by atoms with van der Waals surface area (Å²) in [6, 6.07) is 14.3. The Morgan fingerprint density at radius 1 is 1.11 bits per heavy atom. The molecule has 2 unspecified atom stereocenters. The van der Waals surface area contributed by atoms with Crippen LogP contribution in [0.1, 0.15) is 6.23 Å². The smallest absolute Gasteiger partial charge is 0.330 e. The Labute approximate surface area is 153 Å². The zero-order valence-corrected chi connectivity index (χ0v) is 14.2. The number of aromatic amines is 1. The molecule has 2 heterocycles. The third-order valence-electron chi connectivity index (χ3n) is 4.63. The molecular weight excluding hydrogens is 352 g/mol.